The molecular formula is C11H22N2O3. The molecule has 5 heteroatoms. The third-order valence-corrected chi connectivity index (χ3v) is 2.22. The summed E-state index contributed by atoms with van der Waals surface area (Å²) < 4.78 is 4.91. The lowest BCUT2D eigenvalue weighted by Crippen LogP contribution is -2.38. The van der Waals surface area contributed by atoms with Crippen molar-refractivity contribution >= 4 is 11.9 Å². The molecule has 1 amide bonds. The van der Waals surface area contributed by atoms with Crippen LogP contribution in [0.15, 0.2) is 0 Å². The Morgan fingerprint density at radius 3 is 2.50 bits per heavy atom. The molecule has 0 aliphatic rings. The minimum Gasteiger partial charge on any atom is -0.465 e. The zero-order valence-corrected chi connectivity index (χ0v) is 10.1. The summed E-state index contributed by atoms with van der Waals surface area (Å²) in [6, 6.07) is -0.242. The Balaban J connectivity index is 3.62. The van der Waals surface area contributed by atoms with Crippen molar-refractivity contribution in [2.24, 2.45) is 5.73 Å². The van der Waals surface area contributed by atoms with Gasteiger partial charge < -0.3 is 15.8 Å². The summed E-state index contributed by atoms with van der Waals surface area (Å²) in [5.74, 6) is -0.489. The molecule has 3 N–H and O–H groups in total. The highest BCUT2D eigenvalue weighted by Gasteiger charge is 2.15. The van der Waals surface area contributed by atoms with Crippen LogP contribution >= 0.6 is 0 Å². The Morgan fingerprint density at radius 2 is 2.00 bits per heavy atom. The monoisotopic (exact) mass is 230 g/mol. The van der Waals surface area contributed by atoms with Gasteiger partial charge in [0.05, 0.1) is 6.61 Å². The Labute approximate surface area is 96.7 Å². The fourth-order valence-corrected chi connectivity index (χ4v) is 1.34. The molecule has 0 aliphatic carbocycles. The molecule has 0 aromatic rings. The number of rotatable bonds is 9. The van der Waals surface area contributed by atoms with Gasteiger partial charge in [-0.15, -0.1) is 0 Å². The molecule has 16 heavy (non-hydrogen) atoms. The van der Waals surface area contributed by atoms with E-state index in [2.05, 4.69) is 5.32 Å². The van der Waals surface area contributed by atoms with Crippen molar-refractivity contribution in [3.63, 3.8) is 0 Å². The summed E-state index contributed by atoms with van der Waals surface area (Å²) in [5, 5.41) is 3.10. The van der Waals surface area contributed by atoms with Gasteiger partial charge in [0.15, 0.2) is 0 Å². The van der Waals surface area contributed by atoms with E-state index < -0.39 is 0 Å². The van der Waals surface area contributed by atoms with E-state index in [1.807, 2.05) is 6.92 Å². The van der Waals surface area contributed by atoms with E-state index in [4.69, 9.17) is 10.5 Å². The molecule has 1 atom stereocenters. The number of nitrogens with two attached hydrogens (primary N) is 1. The summed E-state index contributed by atoms with van der Waals surface area (Å²) in [6.07, 6.45) is 2.69. The normalized spacial score (nSPS) is 12.1. The Hall–Kier alpha value is -1.10. The second kappa shape index (κ2) is 9.15. The maximum absolute atomic E-state index is 11.4. The van der Waals surface area contributed by atoms with Gasteiger partial charge in [0, 0.05) is 6.42 Å². The van der Waals surface area contributed by atoms with E-state index in [9.17, 15) is 9.59 Å². The van der Waals surface area contributed by atoms with Crippen LogP contribution in [0.5, 0.6) is 0 Å². The van der Waals surface area contributed by atoms with Crippen LogP contribution in [0.2, 0.25) is 0 Å². The summed E-state index contributed by atoms with van der Waals surface area (Å²) in [7, 11) is 0. The van der Waals surface area contributed by atoms with Gasteiger partial charge in [-0.25, -0.2) is 0 Å². The topological polar surface area (TPSA) is 81.4 Å². The molecule has 1 unspecified atom stereocenters. The van der Waals surface area contributed by atoms with E-state index in [1.54, 1.807) is 6.92 Å². The fraction of sp³-hybridized carbons (Fsp3) is 0.818. The smallest absolute Gasteiger partial charge is 0.323 e. The van der Waals surface area contributed by atoms with E-state index >= 15 is 0 Å². The highest BCUT2D eigenvalue weighted by molar-refractivity contribution is 5.75. The molecule has 0 bridgehead atoms. The fourth-order valence-electron chi connectivity index (χ4n) is 1.34. The summed E-state index contributed by atoms with van der Waals surface area (Å²) >= 11 is 0. The third-order valence-electron chi connectivity index (χ3n) is 2.22. The molecular weight excluding hydrogens is 208 g/mol. The first-order valence-corrected chi connectivity index (χ1v) is 5.80. The van der Waals surface area contributed by atoms with E-state index in [-0.39, 0.29) is 17.9 Å². The molecule has 0 saturated carbocycles. The van der Waals surface area contributed by atoms with Crippen LogP contribution in [0, 0.1) is 0 Å². The number of esters is 1. The molecule has 0 rings (SSSR count). The lowest BCUT2D eigenvalue weighted by Gasteiger charge is -2.14. The highest BCUT2D eigenvalue weighted by Crippen LogP contribution is 1.97. The first-order valence-electron chi connectivity index (χ1n) is 5.80. The van der Waals surface area contributed by atoms with Gasteiger partial charge in [0.2, 0.25) is 5.91 Å². The van der Waals surface area contributed by atoms with Gasteiger partial charge in [-0.05, 0) is 32.7 Å². The quantitative estimate of drug-likeness (QED) is 0.448. The van der Waals surface area contributed by atoms with E-state index in [1.165, 1.54) is 0 Å². The summed E-state index contributed by atoms with van der Waals surface area (Å²) in [5.41, 5.74) is 5.01. The summed E-state index contributed by atoms with van der Waals surface area (Å²) in [4.78, 5) is 21.9. The van der Waals surface area contributed by atoms with Crippen LogP contribution in [-0.4, -0.2) is 31.1 Å². The number of carbonyl (C=O) groups excluding carboxylic acids is 2. The first-order chi connectivity index (χ1) is 7.61. The standard InChI is InChI=1S/C11H22N2O3/c1-3-9(11(15)16-4-2)13-8-6-5-7-10(12)14/h9,13H,3-8H2,1-2H3,(H2,12,14). The maximum atomic E-state index is 11.4. The van der Waals surface area contributed by atoms with Gasteiger partial charge in [-0.2, -0.15) is 0 Å². The molecule has 0 aromatic carbocycles. The summed E-state index contributed by atoms with van der Waals surface area (Å²) in [6.45, 7) is 4.82. The van der Waals surface area contributed by atoms with Crippen LogP contribution in [0.3, 0.4) is 0 Å². The molecule has 5 nitrogen and oxygen atoms in total. The van der Waals surface area contributed by atoms with Crippen LogP contribution in [0.1, 0.15) is 39.5 Å². The molecule has 0 spiro atoms. The second-order valence-corrected chi connectivity index (χ2v) is 3.59. The van der Waals surface area contributed by atoms with Crippen LogP contribution in [0.25, 0.3) is 0 Å². The van der Waals surface area contributed by atoms with Crippen molar-refractivity contribution in [3.8, 4) is 0 Å². The number of hydrogen-bond acceptors (Lipinski definition) is 4. The molecule has 0 aliphatic heterocycles. The van der Waals surface area contributed by atoms with Crippen LogP contribution in [-0.2, 0) is 14.3 Å². The number of unbranched alkanes of at least 4 members (excludes halogenated alkanes) is 1. The van der Waals surface area contributed by atoms with Crippen molar-refractivity contribution in [2.75, 3.05) is 13.2 Å². The average Bonchev–Trinajstić information content (AvgIpc) is 2.23. The Kier molecular flexibility index (Phi) is 8.52. The van der Waals surface area contributed by atoms with Gasteiger partial charge in [-0.3, -0.25) is 9.59 Å². The SMILES string of the molecule is CCOC(=O)C(CC)NCCCCC(N)=O. The first kappa shape index (κ1) is 14.9. The second-order valence-electron chi connectivity index (χ2n) is 3.59. The number of carbonyl (C=O) groups is 2. The largest absolute Gasteiger partial charge is 0.465 e. The zero-order valence-electron chi connectivity index (χ0n) is 10.1. The zero-order chi connectivity index (χ0) is 12.4. The van der Waals surface area contributed by atoms with E-state index in [0.717, 1.165) is 12.8 Å². The van der Waals surface area contributed by atoms with Crippen molar-refractivity contribution in [1.29, 1.82) is 0 Å². The van der Waals surface area contributed by atoms with Crippen LogP contribution < -0.4 is 11.1 Å². The van der Waals surface area contributed by atoms with Gasteiger partial charge in [0.25, 0.3) is 0 Å². The van der Waals surface area contributed by atoms with Crippen molar-refractivity contribution in [3.05, 3.63) is 0 Å². The number of amides is 1. The lowest BCUT2D eigenvalue weighted by molar-refractivity contribution is -0.145. The minimum absolute atomic E-state index is 0.208. The molecule has 0 aromatic heterocycles. The van der Waals surface area contributed by atoms with Crippen LogP contribution in [0.4, 0.5) is 0 Å². The van der Waals surface area contributed by atoms with Crippen molar-refractivity contribution < 1.29 is 14.3 Å². The maximum Gasteiger partial charge on any atom is 0.323 e. The molecule has 94 valence electrons. The van der Waals surface area contributed by atoms with Gasteiger partial charge >= 0.3 is 5.97 Å². The van der Waals surface area contributed by atoms with E-state index in [0.29, 0.717) is 26.0 Å². The number of ether oxygens (including phenoxy) is 1. The minimum atomic E-state index is -0.280. The van der Waals surface area contributed by atoms with Crippen molar-refractivity contribution in [1.82, 2.24) is 5.32 Å². The van der Waals surface area contributed by atoms with Crippen molar-refractivity contribution in [2.45, 2.75) is 45.6 Å². The lowest BCUT2D eigenvalue weighted by atomic mass is 10.2. The van der Waals surface area contributed by atoms with Gasteiger partial charge in [-0.1, -0.05) is 6.92 Å². The average molecular weight is 230 g/mol. The Morgan fingerprint density at radius 1 is 1.31 bits per heavy atom. The molecule has 0 radical (unpaired) electrons. The molecule has 0 saturated heterocycles. The number of hydrogen-bond donors (Lipinski definition) is 2. The highest BCUT2D eigenvalue weighted by atomic mass is 16.5. The third kappa shape index (κ3) is 7.23. The predicted molar refractivity (Wildman–Crippen MR) is 61.8 cm³/mol. The molecule has 0 heterocycles. The Bertz CT molecular complexity index is 219. The van der Waals surface area contributed by atoms with Gasteiger partial charge in [0.1, 0.15) is 6.04 Å². The number of primary amides is 1. The molecule has 0 fully saturated rings. The predicted octanol–water partition coefficient (Wildman–Crippen LogP) is 0.573. The number of nitrogens with one attached hydrogen (secondary N) is 1.